The average molecular weight is 1030 g/mol. The molecule has 358 valence electrons. The molecule has 0 radical (unpaired) electrons. The van der Waals surface area contributed by atoms with Gasteiger partial charge in [-0.15, -0.1) is 8.67 Å². The van der Waals surface area contributed by atoms with Gasteiger partial charge in [-0.2, -0.15) is 38.2 Å². The van der Waals surface area contributed by atoms with Crippen LogP contribution in [0.3, 0.4) is 0 Å². The summed E-state index contributed by atoms with van der Waals surface area (Å²) >= 11 is 1.04. The van der Waals surface area contributed by atoms with Crippen LogP contribution in [0, 0.1) is 0 Å². The van der Waals surface area contributed by atoms with Crippen molar-refractivity contribution >= 4 is 103 Å². The number of anilines is 1. The minimum atomic E-state index is -4.86. The van der Waals surface area contributed by atoms with Gasteiger partial charge in [0.15, 0.2) is 5.71 Å². The van der Waals surface area contributed by atoms with Crippen molar-refractivity contribution in [3.8, 4) is 0 Å². The predicted molar refractivity (Wildman–Crippen MR) is 241 cm³/mol. The van der Waals surface area contributed by atoms with E-state index in [0.29, 0.717) is 90.1 Å². The number of nitrogens with zero attached hydrogens (tertiary/aromatic N) is 2. The summed E-state index contributed by atoms with van der Waals surface area (Å²) in [6.45, 7) is 8.46. The minimum Gasteiger partial charge on any atom is -0.367 e. The summed E-state index contributed by atoms with van der Waals surface area (Å²) in [5.41, 5.74) is 1.91. The van der Waals surface area contributed by atoms with Crippen molar-refractivity contribution in [2.45, 2.75) is 109 Å². The molecule has 6 N–H and O–H groups in total. The Kier molecular flexibility index (Phi) is 15.4. The normalized spacial score (nSPS) is 17.4. The van der Waals surface area contributed by atoms with Gasteiger partial charge in [-0.1, -0.05) is 30.0 Å². The highest BCUT2D eigenvalue weighted by Gasteiger charge is 2.49. The number of benzene rings is 4. The van der Waals surface area contributed by atoms with E-state index < -0.39 is 72.6 Å². The van der Waals surface area contributed by atoms with E-state index in [2.05, 4.69) is 19.3 Å². The van der Waals surface area contributed by atoms with Gasteiger partial charge in [0, 0.05) is 68.7 Å². The number of hydrogen-bond donors (Lipinski definition) is 6. The van der Waals surface area contributed by atoms with E-state index >= 15 is 0 Å². The second-order valence-electron chi connectivity index (χ2n) is 16.9. The van der Waals surface area contributed by atoms with E-state index in [1.807, 2.05) is 32.3 Å². The first-order valence-electron chi connectivity index (χ1n) is 20.0. The minimum absolute atomic E-state index is 0.117. The Hall–Kier alpha value is -3.03. The van der Waals surface area contributed by atoms with Gasteiger partial charge in [0.05, 0.1) is 45.9 Å². The van der Waals surface area contributed by atoms with Crippen LogP contribution in [0.4, 0.5) is 11.4 Å². The Balaban J connectivity index is 1.43. The van der Waals surface area contributed by atoms with Crippen LogP contribution in [-0.2, 0) is 70.0 Å². The van der Waals surface area contributed by atoms with Crippen molar-refractivity contribution in [3.05, 3.63) is 59.7 Å². The van der Waals surface area contributed by atoms with E-state index in [9.17, 15) is 51.9 Å². The van der Waals surface area contributed by atoms with E-state index in [-0.39, 0.29) is 40.6 Å². The summed E-state index contributed by atoms with van der Waals surface area (Å²) < 4.78 is 148. The summed E-state index contributed by atoms with van der Waals surface area (Å²) in [4.78, 5) is 1.67. The Morgan fingerprint density at radius 3 is 1.92 bits per heavy atom. The molecule has 65 heavy (non-hydrogen) atoms. The van der Waals surface area contributed by atoms with Crippen molar-refractivity contribution in [3.63, 3.8) is 0 Å². The Morgan fingerprint density at radius 2 is 1.31 bits per heavy atom. The van der Waals surface area contributed by atoms with Crippen molar-refractivity contribution in [1.82, 2.24) is 0 Å². The Labute approximate surface area is 385 Å². The van der Waals surface area contributed by atoms with E-state index in [1.165, 1.54) is 18.2 Å². The maximum absolute atomic E-state index is 13.0. The highest BCUT2D eigenvalue weighted by atomic mass is 32.2. The van der Waals surface area contributed by atoms with E-state index in [4.69, 9.17) is 14.8 Å². The zero-order valence-electron chi connectivity index (χ0n) is 35.4. The van der Waals surface area contributed by atoms with Crippen LogP contribution in [0.1, 0.15) is 83.8 Å². The van der Waals surface area contributed by atoms with Gasteiger partial charge >= 0.3 is 0 Å². The lowest BCUT2D eigenvalue weighted by atomic mass is 9.75. The molecule has 0 aliphatic carbocycles. The van der Waals surface area contributed by atoms with Crippen LogP contribution in [0.25, 0.3) is 21.5 Å². The van der Waals surface area contributed by atoms with Gasteiger partial charge < -0.3 is 4.90 Å². The van der Waals surface area contributed by atoms with Gasteiger partial charge in [0.25, 0.3) is 40.5 Å². The summed E-state index contributed by atoms with van der Waals surface area (Å²) in [7, 11) is -18.0. The molecule has 4 aromatic carbocycles. The maximum atomic E-state index is 13.0. The quantitative estimate of drug-likeness (QED) is 0.0112. The van der Waals surface area contributed by atoms with Gasteiger partial charge in [0.1, 0.15) is 11.4 Å². The molecular weight excluding hydrogens is 977 g/mol. The Bertz CT molecular complexity index is 2980. The summed E-state index contributed by atoms with van der Waals surface area (Å²) in [6.07, 6.45) is 2.36. The lowest BCUT2D eigenvalue weighted by Crippen LogP contribution is -2.42. The fraction of sp³-hybridized carbons (Fsp3) is 0.462. The Morgan fingerprint density at radius 1 is 0.692 bits per heavy atom. The molecule has 0 saturated carbocycles. The molecule has 1 atom stereocenters. The molecule has 2 aliphatic rings. The summed E-state index contributed by atoms with van der Waals surface area (Å²) in [6, 6.07) is 11.9. The largest absolute Gasteiger partial charge is 0.367 e. The average Bonchev–Trinajstić information content (AvgIpc) is 3.55. The molecule has 20 nitrogen and oxygen atoms in total. The SMILES string of the molecule is CC1(C)C(CCCC2N(CCCCS(=O)(=O)O)c3ccc4cc(S(=O)(=O)O)cc(SOOO)c4c3C2(C)C)=[N+](CCCCS(=O)(=O)O)c2ccc3cc(SOOO)cc(S(=O)(=O)O)c3c21. The first kappa shape index (κ1) is 51.4. The smallest absolute Gasteiger partial charge is 0.295 e. The molecule has 0 aromatic heterocycles. The first-order valence-corrected chi connectivity index (χ1v) is 27.6. The van der Waals surface area contributed by atoms with Gasteiger partial charge in [-0.05, 0) is 98.7 Å². The lowest BCUT2D eigenvalue weighted by molar-refractivity contribution is -0.440. The second kappa shape index (κ2) is 19.5. The monoisotopic (exact) mass is 1030 g/mol. The van der Waals surface area contributed by atoms with Crippen LogP contribution in [0.5, 0.6) is 0 Å². The standard InChI is InChI=1S/C39H48N2O18S6/c1-38(2)32(40(16-5-7-18-62(44,45)46)28-15-13-25-21-27(64(50,51)52)23-30(61-59-57-43)34(25)36(28)38)10-9-11-33-39(3,4)37-29(41(33)17-6-8-19-63(47,48)49)14-12-24-20-26(60-58-56-42)22-31(35(24)37)65(53,54)55/h12-15,20-23,32H,5-11,16-19H2,1-4H3,(H5-,42,43,44,45,46,47,48,49,50,51,52,53,54,55)/p+1. The molecule has 2 heterocycles. The third-order valence-corrected chi connectivity index (χ3v) is 16.6. The first-order chi connectivity index (χ1) is 30.2. The number of rotatable bonds is 22. The predicted octanol–water partition coefficient (Wildman–Crippen LogP) is 7.39. The fourth-order valence-corrected chi connectivity index (χ4v) is 13.1. The van der Waals surface area contributed by atoms with Crippen LogP contribution in [0.15, 0.2) is 68.1 Å². The third-order valence-electron chi connectivity index (χ3n) is 12.1. The summed E-state index contributed by atoms with van der Waals surface area (Å²) in [5.74, 6) is -0.927. The van der Waals surface area contributed by atoms with Crippen molar-refractivity contribution in [1.29, 1.82) is 0 Å². The molecule has 0 amide bonds. The summed E-state index contributed by atoms with van der Waals surface area (Å²) in [5, 5.41) is 27.0. The maximum Gasteiger partial charge on any atom is 0.295 e. The molecule has 0 bridgehead atoms. The van der Waals surface area contributed by atoms with Gasteiger partial charge in [-0.3, -0.25) is 18.2 Å². The number of fused-ring (bicyclic) bond motifs is 6. The molecule has 0 fully saturated rings. The third kappa shape index (κ3) is 11.3. The molecule has 6 rings (SSSR count). The van der Waals surface area contributed by atoms with Crippen LogP contribution in [-0.4, -0.2) is 103 Å². The van der Waals surface area contributed by atoms with Crippen molar-refractivity contribution in [2.24, 2.45) is 0 Å². The van der Waals surface area contributed by atoms with Crippen LogP contribution >= 0.6 is 24.1 Å². The molecular formula is C39H49N2O18S6+. The lowest BCUT2D eigenvalue weighted by Gasteiger charge is -2.35. The molecule has 1 unspecified atom stereocenters. The number of unbranched alkanes of at least 4 members (excludes halogenated alkanes) is 2. The van der Waals surface area contributed by atoms with Crippen molar-refractivity contribution in [2.75, 3.05) is 29.5 Å². The second-order valence-corrected chi connectivity index (χ2v) is 24.4. The molecule has 2 aliphatic heterocycles. The van der Waals surface area contributed by atoms with E-state index in [1.54, 1.807) is 30.3 Å². The highest BCUT2D eigenvalue weighted by Crippen LogP contribution is 2.53. The zero-order valence-corrected chi connectivity index (χ0v) is 40.3. The molecule has 0 spiro atoms. The number of hydrogen-bond acceptors (Lipinski definition) is 17. The molecule has 26 heteroatoms. The molecule has 0 saturated heterocycles. The highest BCUT2D eigenvalue weighted by molar-refractivity contribution is 7.95. The van der Waals surface area contributed by atoms with Crippen LogP contribution in [0.2, 0.25) is 0 Å². The van der Waals surface area contributed by atoms with Crippen LogP contribution < -0.4 is 4.90 Å². The van der Waals surface area contributed by atoms with Crippen molar-refractivity contribution < 1.29 is 85.7 Å². The molecule has 4 aromatic rings. The van der Waals surface area contributed by atoms with Gasteiger partial charge in [-0.25, -0.2) is 10.5 Å². The zero-order chi connectivity index (χ0) is 47.9. The van der Waals surface area contributed by atoms with Gasteiger partial charge in [0.2, 0.25) is 5.69 Å². The topological polar surface area (TPSA) is 301 Å². The fourth-order valence-electron chi connectivity index (χ4n) is 9.53. The van der Waals surface area contributed by atoms with E-state index in [0.717, 1.165) is 17.0 Å².